The Kier molecular flexibility index (Phi) is 6.95. The van der Waals surface area contributed by atoms with E-state index in [4.69, 9.17) is 4.74 Å². The SMILES string of the molecule is COCCN1C[C@@H](NC(=O)Nc2cc(-c3ccncc3)nn2C)[C@H](c2ccc(F)c(F)c2)C1. The van der Waals surface area contributed by atoms with E-state index in [0.717, 1.165) is 11.6 Å². The van der Waals surface area contributed by atoms with Gasteiger partial charge in [0.1, 0.15) is 5.82 Å². The van der Waals surface area contributed by atoms with Crippen molar-refractivity contribution in [3.8, 4) is 11.3 Å². The van der Waals surface area contributed by atoms with Gasteiger partial charge in [-0.3, -0.25) is 19.9 Å². The Bertz CT molecular complexity index is 1110. The summed E-state index contributed by atoms with van der Waals surface area (Å²) in [6.07, 6.45) is 3.36. The molecular formula is C23H26F2N6O2. The third-order valence-corrected chi connectivity index (χ3v) is 5.79. The molecule has 10 heteroatoms. The van der Waals surface area contributed by atoms with Gasteiger partial charge in [0.05, 0.1) is 18.3 Å². The quantitative estimate of drug-likeness (QED) is 0.571. The molecule has 1 saturated heterocycles. The fraction of sp³-hybridized carbons (Fsp3) is 0.348. The molecule has 174 valence electrons. The molecule has 3 heterocycles. The van der Waals surface area contributed by atoms with Crippen molar-refractivity contribution in [2.45, 2.75) is 12.0 Å². The minimum atomic E-state index is -0.899. The van der Waals surface area contributed by atoms with Gasteiger partial charge in [0.25, 0.3) is 0 Å². The molecule has 33 heavy (non-hydrogen) atoms. The van der Waals surface area contributed by atoms with Crippen LogP contribution in [0.2, 0.25) is 0 Å². The van der Waals surface area contributed by atoms with Crippen molar-refractivity contribution >= 4 is 11.8 Å². The number of methoxy groups -OCH3 is 1. The van der Waals surface area contributed by atoms with Gasteiger partial charge >= 0.3 is 6.03 Å². The third kappa shape index (κ3) is 5.35. The number of rotatable bonds is 7. The number of amides is 2. The second-order valence-corrected chi connectivity index (χ2v) is 8.01. The van der Waals surface area contributed by atoms with Gasteiger partial charge in [-0.25, -0.2) is 13.6 Å². The molecule has 8 nitrogen and oxygen atoms in total. The van der Waals surface area contributed by atoms with E-state index in [-0.39, 0.29) is 12.0 Å². The summed E-state index contributed by atoms with van der Waals surface area (Å²) in [5.74, 6) is -1.46. The van der Waals surface area contributed by atoms with Crippen LogP contribution in [-0.4, -0.2) is 65.1 Å². The number of carbonyl (C=O) groups excluding carboxylic acids is 1. The fourth-order valence-electron chi connectivity index (χ4n) is 4.08. The lowest BCUT2D eigenvalue weighted by Crippen LogP contribution is -2.42. The van der Waals surface area contributed by atoms with Crippen molar-refractivity contribution in [1.82, 2.24) is 25.0 Å². The number of benzene rings is 1. The lowest BCUT2D eigenvalue weighted by Gasteiger charge is -2.20. The highest BCUT2D eigenvalue weighted by atomic mass is 19.2. The summed E-state index contributed by atoms with van der Waals surface area (Å²) in [6, 6.07) is 8.66. The predicted octanol–water partition coefficient (Wildman–Crippen LogP) is 3.00. The van der Waals surface area contributed by atoms with E-state index in [0.29, 0.717) is 43.3 Å². The topological polar surface area (TPSA) is 84.3 Å². The van der Waals surface area contributed by atoms with Gasteiger partial charge in [0.2, 0.25) is 0 Å². The highest BCUT2D eigenvalue weighted by Crippen LogP contribution is 2.29. The van der Waals surface area contributed by atoms with Crippen LogP contribution in [0.25, 0.3) is 11.3 Å². The van der Waals surface area contributed by atoms with E-state index in [1.54, 1.807) is 43.4 Å². The third-order valence-electron chi connectivity index (χ3n) is 5.79. The van der Waals surface area contributed by atoms with Crippen LogP contribution in [0.3, 0.4) is 0 Å². The number of pyridine rings is 1. The summed E-state index contributed by atoms with van der Waals surface area (Å²) in [4.78, 5) is 19.0. The fourth-order valence-corrected chi connectivity index (χ4v) is 4.08. The summed E-state index contributed by atoms with van der Waals surface area (Å²) < 4.78 is 34.1. The molecule has 1 fully saturated rings. The van der Waals surface area contributed by atoms with Crippen LogP contribution in [0.15, 0.2) is 48.8 Å². The molecule has 2 N–H and O–H groups in total. The van der Waals surface area contributed by atoms with Gasteiger partial charge < -0.3 is 10.1 Å². The van der Waals surface area contributed by atoms with Crippen molar-refractivity contribution in [2.75, 3.05) is 38.7 Å². The number of hydrogen-bond donors (Lipinski definition) is 2. The Morgan fingerprint density at radius 3 is 2.67 bits per heavy atom. The Balaban J connectivity index is 1.47. The Morgan fingerprint density at radius 1 is 1.15 bits per heavy atom. The predicted molar refractivity (Wildman–Crippen MR) is 120 cm³/mol. The molecule has 1 aliphatic rings. The maximum Gasteiger partial charge on any atom is 0.320 e. The molecule has 0 radical (unpaired) electrons. The number of anilines is 1. The first-order valence-corrected chi connectivity index (χ1v) is 10.6. The van der Waals surface area contributed by atoms with Crippen molar-refractivity contribution < 1.29 is 18.3 Å². The summed E-state index contributed by atoms with van der Waals surface area (Å²) in [6.45, 7) is 2.37. The minimum absolute atomic E-state index is 0.193. The van der Waals surface area contributed by atoms with E-state index < -0.39 is 17.7 Å². The highest BCUT2D eigenvalue weighted by molar-refractivity contribution is 5.89. The van der Waals surface area contributed by atoms with Crippen molar-refractivity contribution in [3.05, 3.63) is 66.0 Å². The number of nitrogens with zero attached hydrogens (tertiary/aromatic N) is 4. The molecule has 1 aromatic carbocycles. The van der Waals surface area contributed by atoms with Crippen LogP contribution >= 0.6 is 0 Å². The maximum atomic E-state index is 13.9. The summed E-state index contributed by atoms with van der Waals surface area (Å²) in [5, 5.41) is 10.3. The number of hydrogen-bond acceptors (Lipinski definition) is 5. The second-order valence-electron chi connectivity index (χ2n) is 8.01. The van der Waals surface area contributed by atoms with Crippen LogP contribution in [0.5, 0.6) is 0 Å². The second kappa shape index (κ2) is 10.1. The summed E-state index contributed by atoms with van der Waals surface area (Å²) >= 11 is 0. The molecule has 1 aliphatic heterocycles. The molecule has 0 spiro atoms. The monoisotopic (exact) mass is 456 g/mol. The normalized spacial score (nSPS) is 18.4. The van der Waals surface area contributed by atoms with E-state index >= 15 is 0 Å². The highest BCUT2D eigenvalue weighted by Gasteiger charge is 2.35. The maximum absolute atomic E-state index is 13.9. The van der Waals surface area contributed by atoms with Crippen LogP contribution in [-0.2, 0) is 11.8 Å². The first-order valence-electron chi connectivity index (χ1n) is 10.6. The van der Waals surface area contributed by atoms with Crippen LogP contribution in [0.4, 0.5) is 19.4 Å². The molecule has 2 amide bonds. The molecule has 2 atom stereocenters. The number of carbonyl (C=O) groups is 1. The molecule has 0 unspecified atom stereocenters. The first-order chi connectivity index (χ1) is 15.9. The molecule has 4 rings (SSSR count). The zero-order valence-electron chi connectivity index (χ0n) is 18.5. The smallest absolute Gasteiger partial charge is 0.320 e. The number of ether oxygens (including phenoxy) is 1. The lowest BCUT2D eigenvalue weighted by atomic mass is 9.94. The number of likely N-dealkylation sites (tertiary alicyclic amines) is 1. The van der Waals surface area contributed by atoms with Crippen LogP contribution in [0, 0.1) is 11.6 Å². The minimum Gasteiger partial charge on any atom is -0.383 e. The van der Waals surface area contributed by atoms with Crippen molar-refractivity contribution in [2.24, 2.45) is 7.05 Å². The Morgan fingerprint density at radius 2 is 1.94 bits per heavy atom. The van der Waals surface area contributed by atoms with E-state index in [2.05, 4.69) is 25.6 Å². The molecule has 2 aromatic heterocycles. The van der Waals surface area contributed by atoms with Gasteiger partial charge in [0, 0.05) is 63.7 Å². The van der Waals surface area contributed by atoms with Gasteiger partial charge in [0.15, 0.2) is 11.6 Å². The Hall–Kier alpha value is -3.37. The zero-order valence-corrected chi connectivity index (χ0v) is 18.5. The molecular weight excluding hydrogens is 430 g/mol. The first kappa shape index (κ1) is 22.8. The van der Waals surface area contributed by atoms with Gasteiger partial charge in [-0.1, -0.05) is 6.07 Å². The van der Waals surface area contributed by atoms with Gasteiger partial charge in [-0.15, -0.1) is 0 Å². The lowest BCUT2D eigenvalue weighted by molar-refractivity contribution is 0.159. The molecule has 3 aromatic rings. The summed E-state index contributed by atoms with van der Waals surface area (Å²) in [5.41, 5.74) is 2.23. The van der Waals surface area contributed by atoms with E-state index in [1.807, 2.05) is 12.1 Å². The number of aromatic nitrogens is 3. The van der Waals surface area contributed by atoms with Crippen molar-refractivity contribution in [3.63, 3.8) is 0 Å². The van der Waals surface area contributed by atoms with Crippen LogP contribution in [0.1, 0.15) is 11.5 Å². The standard InChI is InChI=1S/C23H26F2N6O2/c1-30-22(12-20(29-30)15-5-7-26-8-6-15)28-23(32)27-21-14-31(9-10-33-2)13-17(21)16-3-4-18(24)19(25)11-16/h3-8,11-12,17,21H,9-10,13-14H2,1-2H3,(H2,27,28,32)/t17-,21+/m0/s1. The van der Waals surface area contributed by atoms with Gasteiger partial charge in [-0.05, 0) is 29.8 Å². The number of urea groups is 1. The number of halogens is 2. The van der Waals surface area contributed by atoms with Crippen molar-refractivity contribution in [1.29, 1.82) is 0 Å². The molecule has 0 saturated carbocycles. The molecule has 0 bridgehead atoms. The van der Waals surface area contributed by atoms with E-state index in [9.17, 15) is 13.6 Å². The molecule has 0 aliphatic carbocycles. The zero-order chi connectivity index (χ0) is 23.4. The summed E-state index contributed by atoms with van der Waals surface area (Å²) in [7, 11) is 3.37. The average Bonchev–Trinajstić information content (AvgIpc) is 3.38. The van der Waals surface area contributed by atoms with Gasteiger partial charge in [-0.2, -0.15) is 5.10 Å². The largest absolute Gasteiger partial charge is 0.383 e. The Labute approximate surface area is 190 Å². The average molecular weight is 456 g/mol. The van der Waals surface area contributed by atoms with E-state index in [1.165, 1.54) is 6.07 Å². The number of nitrogens with one attached hydrogen (secondary N) is 2. The van der Waals surface area contributed by atoms with Crippen LogP contribution < -0.4 is 10.6 Å². The number of aryl methyl sites for hydroxylation is 1.